The highest BCUT2D eigenvalue weighted by Crippen LogP contribution is 2.30. The molecule has 0 radical (unpaired) electrons. The van der Waals surface area contributed by atoms with Gasteiger partial charge >= 0.3 is 0 Å². The molecule has 0 fully saturated rings. The molecule has 0 spiro atoms. The van der Waals surface area contributed by atoms with Crippen molar-refractivity contribution >= 4 is 45.5 Å². The van der Waals surface area contributed by atoms with Crippen molar-refractivity contribution in [1.29, 1.82) is 0 Å². The number of pyridine rings is 1. The molecule has 0 amide bonds. The number of thiocarbonyl (C=S) groups is 1. The van der Waals surface area contributed by atoms with Gasteiger partial charge in [0, 0.05) is 23.0 Å². The Morgan fingerprint density at radius 1 is 1.27 bits per heavy atom. The quantitative estimate of drug-likeness (QED) is 0.538. The Bertz CT molecular complexity index is 1230. The van der Waals surface area contributed by atoms with Crippen molar-refractivity contribution in [2.24, 2.45) is 5.73 Å². The molecule has 130 valence electrons. The van der Waals surface area contributed by atoms with Crippen LogP contribution in [-0.2, 0) is 6.42 Å². The molecule has 0 aliphatic heterocycles. The van der Waals surface area contributed by atoms with Gasteiger partial charge in [0.25, 0.3) is 5.56 Å². The van der Waals surface area contributed by atoms with Crippen LogP contribution >= 0.6 is 23.8 Å². The number of rotatable bonds is 2. The van der Waals surface area contributed by atoms with Crippen molar-refractivity contribution in [3.63, 3.8) is 0 Å². The maximum absolute atomic E-state index is 12.6. The number of nitrogens with zero attached hydrogens (tertiary/aromatic N) is 4. The Morgan fingerprint density at radius 2 is 2.00 bits per heavy atom. The first-order valence-corrected chi connectivity index (χ1v) is 8.77. The molecule has 0 aliphatic rings. The summed E-state index contributed by atoms with van der Waals surface area (Å²) in [6, 6.07) is 9.32. The van der Waals surface area contributed by atoms with Crippen LogP contribution in [-0.4, -0.2) is 24.3 Å². The normalized spacial score (nSPS) is 11.3. The van der Waals surface area contributed by atoms with Crippen molar-refractivity contribution in [2.45, 2.75) is 13.3 Å². The minimum atomic E-state index is -0.314. The summed E-state index contributed by atoms with van der Waals surface area (Å²) in [5.74, 6) is 0. The molecule has 0 aliphatic carbocycles. The fraction of sp³-hybridized carbons (Fsp3) is 0.111. The number of hydrogen-bond acceptors (Lipinski definition) is 4. The van der Waals surface area contributed by atoms with Crippen LogP contribution in [0.25, 0.3) is 27.7 Å². The minimum absolute atomic E-state index is 0.00596. The SMILES string of the molecule is CCc1nn2c(ncc3c(=O)n(C(N)=S)ccc32)c1-c1ccc(Cl)cc1. The van der Waals surface area contributed by atoms with Gasteiger partial charge in [-0.05, 0) is 42.4 Å². The highest BCUT2D eigenvalue weighted by atomic mass is 35.5. The average Bonchev–Trinajstić information content (AvgIpc) is 3.01. The van der Waals surface area contributed by atoms with Crippen molar-refractivity contribution in [1.82, 2.24) is 19.2 Å². The number of hydrogen-bond donors (Lipinski definition) is 1. The molecule has 2 N–H and O–H groups in total. The second-order valence-electron chi connectivity index (χ2n) is 5.80. The van der Waals surface area contributed by atoms with Gasteiger partial charge < -0.3 is 5.73 Å². The summed E-state index contributed by atoms with van der Waals surface area (Å²) in [5.41, 5.74) is 9.43. The molecule has 8 heteroatoms. The van der Waals surface area contributed by atoms with E-state index in [4.69, 9.17) is 29.6 Å². The lowest BCUT2D eigenvalue weighted by molar-refractivity contribution is 0.912. The first-order valence-electron chi connectivity index (χ1n) is 7.99. The highest BCUT2D eigenvalue weighted by Gasteiger charge is 2.17. The molecule has 6 nitrogen and oxygen atoms in total. The monoisotopic (exact) mass is 383 g/mol. The lowest BCUT2D eigenvalue weighted by atomic mass is 10.0. The molecule has 3 heterocycles. The van der Waals surface area contributed by atoms with E-state index in [-0.39, 0.29) is 10.7 Å². The van der Waals surface area contributed by atoms with E-state index in [1.165, 1.54) is 4.57 Å². The molecule has 26 heavy (non-hydrogen) atoms. The Kier molecular flexibility index (Phi) is 3.97. The molecule has 0 bridgehead atoms. The van der Waals surface area contributed by atoms with Crippen LogP contribution in [0.1, 0.15) is 12.6 Å². The zero-order valence-corrected chi connectivity index (χ0v) is 15.4. The summed E-state index contributed by atoms with van der Waals surface area (Å²) in [5, 5.41) is 5.75. The van der Waals surface area contributed by atoms with Gasteiger partial charge in [0.1, 0.15) is 0 Å². The topological polar surface area (TPSA) is 78.2 Å². The summed E-state index contributed by atoms with van der Waals surface area (Å²) in [6.45, 7) is 2.03. The number of aryl methyl sites for hydroxylation is 1. The Balaban J connectivity index is 2.08. The summed E-state index contributed by atoms with van der Waals surface area (Å²) >= 11 is 10.9. The number of halogens is 1. The molecule has 4 rings (SSSR count). The number of fused-ring (bicyclic) bond motifs is 3. The van der Waals surface area contributed by atoms with Gasteiger partial charge in [-0.1, -0.05) is 30.7 Å². The number of nitrogens with two attached hydrogens (primary N) is 1. The van der Waals surface area contributed by atoms with Gasteiger partial charge in [0.05, 0.1) is 16.6 Å². The van der Waals surface area contributed by atoms with Crippen LogP contribution in [0.15, 0.2) is 47.5 Å². The predicted octanol–water partition coefficient (Wildman–Crippen LogP) is 3.02. The van der Waals surface area contributed by atoms with Gasteiger partial charge in [0.2, 0.25) is 0 Å². The van der Waals surface area contributed by atoms with Crippen LogP contribution in [0.3, 0.4) is 0 Å². The van der Waals surface area contributed by atoms with Crippen LogP contribution in [0.5, 0.6) is 0 Å². The molecule has 0 unspecified atom stereocenters. The van der Waals surface area contributed by atoms with Crippen LogP contribution in [0.2, 0.25) is 5.02 Å². The van der Waals surface area contributed by atoms with E-state index in [1.807, 2.05) is 31.2 Å². The average molecular weight is 384 g/mol. The molecule has 0 atom stereocenters. The van der Waals surface area contributed by atoms with E-state index in [9.17, 15) is 4.79 Å². The van der Waals surface area contributed by atoms with Gasteiger partial charge in [-0.25, -0.2) is 9.50 Å². The fourth-order valence-corrected chi connectivity index (χ4v) is 3.32. The molecular formula is C18H14ClN5OS. The zero-order chi connectivity index (χ0) is 18.4. The van der Waals surface area contributed by atoms with Crippen molar-refractivity contribution in [2.75, 3.05) is 0 Å². The van der Waals surface area contributed by atoms with E-state index < -0.39 is 0 Å². The predicted molar refractivity (Wildman–Crippen MR) is 107 cm³/mol. The third kappa shape index (κ3) is 2.48. The molecule has 4 aromatic rings. The third-order valence-electron chi connectivity index (χ3n) is 4.29. The van der Waals surface area contributed by atoms with Crippen LogP contribution < -0.4 is 11.3 Å². The van der Waals surface area contributed by atoms with E-state index >= 15 is 0 Å². The maximum atomic E-state index is 12.6. The first-order chi connectivity index (χ1) is 12.5. The zero-order valence-electron chi connectivity index (χ0n) is 13.8. The largest absolute Gasteiger partial charge is 0.376 e. The third-order valence-corrected chi connectivity index (χ3v) is 4.74. The van der Waals surface area contributed by atoms with Gasteiger partial charge in [-0.2, -0.15) is 5.10 Å². The standard InChI is InChI=1S/C18H14ClN5OS/c1-2-13-15(10-3-5-11(19)6-4-10)16-21-9-12-14(24(16)22-13)7-8-23(17(12)25)18(20)26/h3-9H,2H2,1H3,(H2,20,26). The second-order valence-corrected chi connectivity index (χ2v) is 6.66. The summed E-state index contributed by atoms with van der Waals surface area (Å²) in [4.78, 5) is 17.1. The summed E-state index contributed by atoms with van der Waals surface area (Å²) < 4.78 is 2.92. The van der Waals surface area contributed by atoms with Crippen LogP contribution in [0.4, 0.5) is 0 Å². The first kappa shape index (κ1) is 16.7. The lowest BCUT2D eigenvalue weighted by Crippen LogP contribution is -2.31. The highest BCUT2D eigenvalue weighted by molar-refractivity contribution is 7.80. The lowest BCUT2D eigenvalue weighted by Gasteiger charge is -2.06. The smallest absolute Gasteiger partial charge is 0.267 e. The molecule has 0 saturated carbocycles. The Labute approximate surface area is 158 Å². The van der Waals surface area contributed by atoms with E-state index in [1.54, 1.807) is 23.0 Å². The summed E-state index contributed by atoms with van der Waals surface area (Å²) in [6.07, 6.45) is 3.83. The van der Waals surface area contributed by atoms with Crippen LogP contribution in [0, 0.1) is 0 Å². The van der Waals surface area contributed by atoms with Crippen molar-refractivity contribution in [3.05, 3.63) is 63.8 Å². The molecule has 1 aromatic carbocycles. The summed E-state index contributed by atoms with van der Waals surface area (Å²) in [7, 11) is 0. The number of aromatic nitrogens is 4. The second kappa shape index (κ2) is 6.19. The van der Waals surface area contributed by atoms with Gasteiger partial charge in [0.15, 0.2) is 10.8 Å². The Hall–Kier alpha value is -2.77. The van der Waals surface area contributed by atoms with Gasteiger partial charge in [-0.3, -0.25) is 9.36 Å². The Morgan fingerprint density at radius 3 is 2.65 bits per heavy atom. The molecule has 0 saturated heterocycles. The van der Waals surface area contributed by atoms with E-state index in [0.29, 0.717) is 21.6 Å². The fourth-order valence-electron chi connectivity index (χ4n) is 3.05. The van der Waals surface area contributed by atoms with Gasteiger partial charge in [-0.15, -0.1) is 0 Å². The molecule has 3 aromatic heterocycles. The van der Waals surface area contributed by atoms with Crippen molar-refractivity contribution < 1.29 is 0 Å². The van der Waals surface area contributed by atoms with E-state index in [0.717, 1.165) is 23.2 Å². The molecular weight excluding hydrogens is 370 g/mol. The number of benzene rings is 1. The van der Waals surface area contributed by atoms with Crippen molar-refractivity contribution in [3.8, 4) is 11.1 Å². The maximum Gasteiger partial charge on any atom is 0.267 e. The van der Waals surface area contributed by atoms with E-state index in [2.05, 4.69) is 10.1 Å². The minimum Gasteiger partial charge on any atom is -0.376 e.